The van der Waals surface area contributed by atoms with E-state index in [4.69, 9.17) is 4.74 Å². The van der Waals surface area contributed by atoms with Crippen molar-refractivity contribution in [2.75, 3.05) is 50.2 Å². The van der Waals surface area contributed by atoms with Crippen LogP contribution in [0.2, 0.25) is 0 Å². The highest BCUT2D eigenvalue weighted by molar-refractivity contribution is 7.51. The van der Waals surface area contributed by atoms with Gasteiger partial charge in [0.1, 0.15) is 0 Å². The van der Waals surface area contributed by atoms with Crippen LogP contribution in [0.3, 0.4) is 0 Å². The zero-order chi connectivity index (χ0) is 36.5. The topological polar surface area (TPSA) is 174 Å². The summed E-state index contributed by atoms with van der Waals surface area (Å²) in [7, 11) is -0.399. The second-order valence-electron chi connectivity index (χ2n) is 11.8. The Morgan fingerprint density at radius 2 is 1.86 bits per heavy atom. The molecule has 268 valence electrons. The largest absolute Gasteiger partial charge is 0.491 e. The highest BCUT2D eigenvalue weighted by Crippen LogP contribution is 2.37. The summed E-state index contributed by atoms with van der Waals surface area (Å²) in [5.41, 5.74) is 2.01. The van der Waals surface area contributed by atoms with Gasteiger partial charge in [-0.1, -0.05) is 35.3 Å². The quantitative estimate of drug-likeness (QED) is 0.0492. The minimum Gasteiger partial charge on any atom is -0.491 e. The van der Waals surface area contributed by atoms with E-state index in [1.165, 1.54) is 34.8 Å². The summed E-state index contributed by atoms with van der Waals surface area (Å²) in [4.78, 5) is 44.1. The van der Waals surface area contributed by atoms with Crippen LogP contribution in [0, 0.1) is 24.6 Å². The highest BCUT2D eigenvalue weighted by atomic mass is 32.1. The van der Waals surface area contributed by atoms with Crippen LogP contribution in [-0.2, 0) is 11.0 Å². The number of nitrogens with zero attached hydrogens (tertiary/aromatic N) is 6. The molecule has 0 amide bonds. The number of anilines is 4. The molecule has 13 nitrogen and oxygen atoms in total. The number of aryl methyl sites for hydroxylation is 2. The summed E-state index contributed by atoms with van der Waals surface area (Å²) in [5.74, 6) is 5.10. The number of unbranched alkanes of at least 4 members (excludes halogenated alkanes) is 1. The summed E-state index contributed by atoms with van der Waals surface area (Å²) < 4.78 is 32.8. The lowest BCUT2D eigenvalue weighted by Crippen LogP contribution is -2.21. The lowest BCUT2D eigenvalue weighted by molar-refractivity contribution is 0.0690. The Hall–Kier alpha value is -4.49. The molecule has 3 heterocycles. The lowest BCUT2D eigenvalue weighted by atomic mass is 10.2. The second-order valence-corrected chi connectivity index (χ2v) is 15.7. The number of benzene rings is 2. The summed E-state index contributed by atoms with van der Waals surface area (Å²) in [6.07, 6.45) is 1.00. The molecule has 0 saturated heterocycles. The summed E-state index contributed by atoms with van der Waals surface area (Å²) in [5, 5.41) is 23.0. The van der Waals surface area contributed by atoms with E-state index in [0.29, 0.717) is 58.1 Å². The van der Waals surface area contributed by atoms with Gasteiger partial charge in [0.05, 0.1) is 23.4 Å². The molecular formula is C34H37FN7O6PS2. The molecule has 0 bridgehead atoms. The molecule has 5 rings (SSSR count). The van der Waals surface area contributed by atoms with E-state index in [-0.39, 0.29) is 37.2 Å². The average Bonchev–Trinajstić information content (AvgIpc) is 3.68. The van der Waals surface area contributed by atoms with Gasteiger partial charge in [0, 0.05) is 23.1 Å². The molecule has 2 aromatic carbocycles. The van der Waals surface area contributed by atoms with Gasteiger partial charge >= 0.3 is 13.6 Å². The summed E-state index contributed by atoms with van der Waals surface area (Å²) >= 11 is 2.65. The van der Waals surface area contributed by atoms with Crippen molar-refractivity contribution in [3.63, 3.8) is 0 Å². The van der Waals surface area contributed by atoms with Gasteiger partial charge in [0.15, 0.2) is 39.2 Å². The number of carboxylic acids is 1. The number of ether oxygens (including phenoxy) is 1. The minimum atomic E-state index is -4.19. The van der Waals surface area contributed by atoms with Gasteiger partial charge in [0.2, 0.25) is 0 Å². The Balaban J connectivity index is 1.31. The van der Waals surface area contributed by atoms with Crippen molar-refractivity contribution >= 4 is 68.4 Å². The average molecular weight is 754 g/mol. The lowest BCUT2D eigenvalue weighted by Gasteiger charge is -2.21. The van der Waals surface area contributed by atoms with Gasteiger partial charge in [0.25, 0.3) is 0 Å². The third-order valence-corrected chi connectivity index (χ3v) is 10.3. The number of para-hydroxylation sites is 1. The summed E-state index contributed by atoms with van der Waals surface area (Å²) in [6, 6.07) is 14.1. The Morgan fingerprint density at radius 3 is 2.57 bits per heavy atom. The van der Waals surface area contributed by atoms with E-state index < -0.39 is 19.4 Å². The number of thiazole rings is 2. The molecule has 0 atom stereocenters. The van der Waals surface area contributed by atoms with E-state index in [2.05, 4.69) is 37.3 Å². The maximum atomic E-state index is 14.7. The number of nitrogens with one attached hydrogen (secondary N) is 1. The zero-order valence-corrected chi connectivity index (χ0v) is 30.7. The number of aromatic carboxylic acids is 1. The molecule has 0 aliphatic heterocycles. The Morgan fingerprint density at radius 1 is 1.06 bits per heavy atom. The minimum absolute atomic E-state index is 0.0770. The van der Waals surface area contributed by atoms with Crippen molar-refractivity contribution in [2.24, 2.45) is 0 Å². The molecule has 3 aromatic heterocycles. The Kier molecular flexibility index (Phi) is 12.7. The number of aromatic nitrogens is 4. The molecule has 0 aliphatic rings. The fourth-order valence-corrected chi connectivity index (χ4v) is 7.48. The van der Waals surface area contributed by atoms with E-state index in [1.807, 2.05) is 50.2 Å². The predicted octanol–water partition coefficient (Wildman–Crippen LogP) is 6.45. The van der Waals surface area contributed by atoms with Gasteiger partial charge in [-0.05, 0) is 88.7 Å². The van der Waals surface area contributed by atoms with E-state index in [1.54, 1.807) is 17.0 Å². The number of carbonyl (C=O) groups is 1. The molecule has 0 fully saturated rings. The first-order valence-electron chi connectivity index (χ1n) is 15.9. The highest BCUT2D eigenvalue weighted by Gasteiger charge is 2.24. The molecule has 0 radical (unpaired) electrons. The Bertz CT molecular complexity index is 2080. The van der Waals surface area contributed by atoms with E-state index in [9.17, 15) is 28.6 Å². The maximum Gasteiger partial charge on any atom is 0.355 e. The number of hydrogen-bond acceptors (Lipinski definition) is 12. The number of hydrogen-bond donors (Lipinski definition) is 4. The van der Waals surface area contributed by atoms with Gasteiger partial charge in [-0.2, -0.15) is 0 Å². The molecule has 51 heavy (non-hydrogen) atoms. The molecule has 0 spiro atoms. The van der Waals surface area contributed by atoms with Gasteiger partial charge in [-0.25, -0.2) is 19.2 Å². The molecular weight excluding hydrogens is 717 g/mol. The van der Waals surface area contributed by atoms with Crippen molar-refractivity contribution in [3.05, 3.63) is 76.0 Å². The van der Waals surface area contributed by atoms with E-state index >= 15 is 0 Å². The number of rotatable bonds is 16. The van der Waals surface area contributed by atoms with Crippen LogP contribution >= 0.6 is 30.3 Å². The number of carboxylic acid groups (broad SMARTS) is 1. The van der Waals surface area contributed by atoms with Crippen molar-refractivity contribution in [1.29, 1.82) is 0 Å². The van der Waals surface area contributed by atoms with Crippen molar-refractivity contribution in [1.82, 2.24) is 25.1 Å². The summed E-state index contributed by atoms with van der Waals surface area (Å²) in [6.45, 7) is 2.79. The molecule has 17 heteroatoms. The molecule has 5 aromatic rings. The van der Waals surface area contributed by atoms with Gasteiger partial charge in [-0.3, -0.25) is 9.46 Å². The van der Waals surface area contributed by atoms with Crippen molar-refractivity contribution in [3.8, 4) is 17.6 Å². The zero-order valence-electron chi connectivity index (χ0n) is 28.2. The van der Waals surface area contributed by atoms with E-state index in [0.717, 1.165) is 15.8 Å². The first-order valence-corrected chi connectivity index (χ1v) is 19.4. The normalized spacial score (nSPS) is 11.4. The molecule has 0 unspecified atom stereocenters. The fraction of sp³-hybridized carbons (Fsp3) is 0.324. The number of halogens is 1. The van der Waals surface area contributed by atoms with Crippen molar-refractivity contribution < 1.29 is 33.4 Å². The smallest absolute Gasteiger partial charge is 0.355 e. The van der Waals surface area contributed by atoms with Gasteiger partial charge < -0.3 is 29.8 Å². The first kappa shape index (κ1) is 37.8. The standard InChI is InChI=1S/C34H37FN7O6PS2/c1-22-20-29(39-40-31(22)38-33-36-25-11-4-5-12-27(25)50-33)42(17-6-7-19-49(45,46)47)34-37-30(32(43)44)28(51-34)13-9-18-48-26-15-14-23(21-24(26)35)10-8-16-41(2)3/h4-5,11-12,14-15,20-21H,6-7,9,13,16-19H2,1-3H3,(H,43,44)(H,36,38,40)(H2,45,46,47). The van der Waals surface area contributed by atoms with Crippen molar-refractivity contribution in [2.45, 2.75) is 32.6 Å². The van der Waals surface area contributed by atoms with Crippen LogP contribution < -0.4 is 15.0 Å². The van der Waals surface area contributed by atoms with Crippen LogP contribution in [0.25, 0.3) is 10.2 Å². The molecule has 0 saturated carbocycles. The van der Waals surface area contributed by atoms with Gasteiger partial charge in [-0.15, -0.1) is 21.5 Å². The third kappa shape index (κ3) is 10.8. The van der Waals surface area contributed by atoms with Crippen LogP contribution in [-0.4, -0.2) is 85.9 Å². The monoisotopic (exact) mass is 753 g/mol. The third-order valence-electron chi connectivity index (χ3n) is 7.33. The van der Waals surface area contributed by atoms with Crippen LogP contribution in [0.1, 0.15) is 45.8 Å². The Labute approximate surface area is 302 Å². The van der Waals surface area contributed by atoms with Crippen LogP contribution in [0.4, 0.5) is 26.3 Å². The number of fused-ring (bicyclic) bond motifs is 1. The SMILES string of the molecule is Cc1cc(N(CCCCP(=O)(O)O)c2nc(C(=O)O)c(CCCOc3ccc(C#CCN(C)C)cc3F)s2)nnc1Nc1nc2ccccc2s1. The molecule has 0 aliphatic carbocycles. The maximum absolute atomic E-state index is 14.7. The predicted molar refractivity (Wildman–Crippen MR) is 198 cm³/mol. The second kappa shape index (κ2) is 17.1. The van der Waals surface area contributed by atoms with Crippen LogP contribution in [0.15, 0.2) is 48.5 Å². The molecule has 4 N–H and O–H groups in total. The van der Waals surface area contributed by atoms with Crippen LogP contribution in [0.5, 0.6) is 5.75 Å². The fourth-order valence-electron chi connectivity index (χ4n) is 4.85. The first-order chi connectivity index (χ1) is 24.4.